The van der Waals surface area contributed by atoms with Crippen LogP contribution in [0.4, 0.5) is 5.82 Å². The summed E-state index contributed by atoms with van der Waals surface area (Å²) >= 11 is 0. The van der Waals surface area contributed by atoms with Gasteiger partial charge in [0.05, 0.1) is 24.0 Å². The molecule has 1 atom stereocenters. The molecule has 1 amide bonds. The summed E-state index contributed by atoms with van der Waals surface area (Å²) in [6.07, 6.45) is 9.25. The number of anilines is 1. The minimum atomic E-state index is -0.449. The molecule has 3 heterocycles. The Morgan fingerprint density at radius 1 is 1.37 bits per heavy atom. The molecule has 1 saturated heterocycles. The number of amides is 1. The lowest BCUT2D eigenvalue weighted by Crippen LogP contribution is -2.22. The molecule has 1 fully saturated rings. The van der Waals surface area contributed by atoms with Crippen LogP contribution in [0.25, 0.3) is 0 Å². The first-order valence-electron chi connectivity index (χ1n) is 6.09. The average molecular weight is 258 g/mol. The quantitative estimate of drug-likeness (QED) is 0.850. The van der Waals surface area contributed by atoms with Crippen molar-refractivity contribution in [3.8, 4) is 0 Å². The summed E-state index contributed by atoms with van der Waals surface area (Å²) in [4.78, 5) is 21.6. The number of rotatable bonds is 3. The number of primary amides is 1. The van der Waals surface area contributed by atoms with Crippen LogP contribution in [0.3, 0.4) is 0 Å². The third-order valence-corrected chi connectivity index (χ3v) is 3.30. The number of nitrogens with zero attached hydrogens (tertiary/aromatic N) is 5. The number of aromatic nitrogens is 4. The number of carbonyl (C=O) groups is 1. The number of hydrogen-bond acceptors (Lipinski definition) is 5. The molecular weight excluding hydrogens is 244 g/mol. The van der Waals surface area contributed by atoms with Gasteiger partial charge in [0.15, 0.2) is 0 Å². The largest absolute Gasteiger partial charge is 0.366 e. The highest BCUT2D eigenvalue weighted by Crippen LogP contribution is 2.24. The molecule has 0 aromatic carbocycles. The first kappa shape index (κ1) is 11.6. The van der Waals surface area contributed by atoms with Crippen LogP contribution < -0.4 is 10.6 Å². The maximum Gasteiger partial charge on any atom is 0.251 e. The molecule has 1 aliphatic heterocycles. The highest BCUT2D eigenvalue weighted by molar-refractivity contribution is 5.92. The molecule has 7 nitrogen and oxygen atoms in total. The van der Waals surface area contributed by atoms with E-state index in [0.717, 1.165) is 25.3 Å². The van der Waals surface area contributed by atoms with Gasteiger partial charge in [-0.25, -0.2) is 4.98 Å². The summed E-state index contributed by atoms with van der Waals surface area (Å²) in [7, 11) is 0. The van der Waals surface area contributed by atoms with Gasteiger partial charge >= 0.3 is 0 Å². The summed E-state index contributed by atoms with van der Waals surface area (Å²) in [6, 6.07) is 0.232. The van der Waals surface area contributed by atoms with Crippen LogP contribution in [0.5, 0.6) is 0 Å². The van der Waals surface area contributed by atoms with Crippen LogP contribution in [0.1, 0.15) is 22.8 Å². The number of carbonyl (C=O) groups excluding carboxylic acids is 1. The molecule has 98 valence electrons. The molecule has 1 unspecified atom stereocenters. The second kappa shape index (κ2) is 4.68. The highest BCUT2D eigenvalue weighted by atomic mass is 16.1. The Bertz CT molecular complexity index is 581. The molecule has 2 aromatic rings. The van der Waals surface area contributed by atoms with Gasteiger partial charge < -0.3 is 10.6 Å². The van der Waals surface area contributed by atoms with E-state index >= 15 is 0 Å². The standard InChI is InChI=1S/C12H14N6O/c13-12(19)9-5-16-18(7-9)10-1-4-17(8-10)11-6-14-2-3-15-11/h2-3,5-7,10H,1,4,8H2,(H2,13,19). The topological polar surface area (TPSA) is 89.9 Å². The van der Waals surface area contributed by atoms with Gasteiger partial charge in [0.25, 0.3) is 5.91 Å². The third kappa shape index (κ3) is 2.26. The van der Waals surface area contributed by atoms with E-state index in [0.29, 0.717) is 5.56 Å². The molecule has 2 aromatic heterocycles. The Kier molecular flexibility index (Phi) is 2.86. The van der Waals surface area contributed by atoms with Gasteiger partial charge in [-0.05, 0) is 6.42 Å². The summed E-state index contributed by atoms with van der Waals surface area (Å²) in [6.45, 7) is 1.70. The number of nitrogens with two attached hydrogens (primary N) is 1. The zero-order chi connectivity index (χ0) is 13.2. The SMILES string of the molecule is NC(=O)c1cnn(C2CCN(c3cnccn3)C2)c1. The second-order valence-corrected chi connectivity index (χ2v) is 4.53. The average Bonchev–Trinajstić information content (AvgIpc) is 3.09. The molecule has 2 N–H and O–H groups in total. The van der Waals surface area contributed by atoms with Crippen LogP contribution in [-0.4, -0.2) is 38.7 Å². The zero-order valence-electron chi connectivity index (χ0n) is 10.3. The van der Waals surface area contributed by atoms with E-state index in [1.165, 1.54) is 6.20 Å². The molecular formula is C12H14N6O. The van der Waals surface area contributed by atoms with Crippen molar-refractivity contribution < 1.29 is 4.79 Å². The fraction of sp³-hybridized carbons (Fsp3) is 0.333. The van der Waals surface area contributed by atoms with Crippen molar-refractivity contribution in [2.45, 2.75) is 12.5 Å². The van der Waals surface area contributed by atoms with Crippen molar-refractivity contribution in [2.24, 2.45) is 5.73 Å². The van der Waals surface area contributed by atoms with Gasteiger partial charge in [-0.2, -0.15) is 5.10 Å². The lowest BCUT2D eigenvalue weighted by Gasteiger charge is -2.16. The minimum absolute atomic E-state index is 0.232. The molecule has 0 saturated carbocycles. The molecule has 1 aliphatic rings. The summed E-state index contributed by atoms with van der Waals surface area (Å²) < 4.78 is 1.80. The minimum Gasteiger partial charge on any atom is -0.366 e. The lowest BCUT2D eigenvalue weighted by atomic mass is 10.3. The van der Waals surface area contributed by atoms with Crippen molar-refractivity contribution in [2.75, 3.05) is 18.0 Å². The first-order chi connectivity index (χ1) is 9.24. The van der Waals surface area contributed by atoms with Gasteiger partial charge in [0.2, 0.25) is 0 Å². The predicted octanol–water partition coefficient (Wildman–Crippen LogP) is 0.223. The third-order valence-electron chi connectivity index (χ3n) is 3.30. The zero-order valence-corrected chi connectivity index (χ0v) is 10.3. The van der Waals surface area contributed by atoms with E-state index < -0.39 is 5.91 Å². The fourth-order valence-corrected chi connectivity index (χ4v) is 2.29. The van der Waals surface area contributed by atoms with Crippen molar-refractivity contribution in [3.63, 3.8) is 0 Å². The van der Waals surface area contributed by atoms with E-state index in [2.05, 4.69) is 20.0 Å². The van der Waals surface area contributed by atoms with E-state index in [-0.39, 0.29) is 6.04 Å². The molecule has 0 radical (unpaired) electrons. The van der Waals surface area contributed by atoms with Crippen molar-refractivity contribution in [1.82, 2.24) is 19.7 Å². The van der Waals surface area contributed by atoms with Gasteiger partial charge in [-0.1, -0.05) is 0 Å². The van der Waals surface area contributed by atoms with Crippen molar-refractivity contribution in [3.05, 3.63) is 36.5 Å². The summed E-state index contributed by atoms with van der Waals surface area (Å²) in [5.74, 6) is 0.419. The molecule has 0 spiro atoms. The lowest BCUT2D eigenvalue weighted by molar-refractivity contribution is 0.1000. The van der Waals surface area contributed by atoms with E-state index in [1.54, 1.807) is 29.5 Å². The maximum atomic E-state index is 11.1. The van der Waals surface area contributed by atoms with Crippen LogP contribution in [0, 0.1) is 0 Å². The van der Waals surface area contributed by atoms with Gasteiger partial charge in [0, 0.05) is 31.7 Å². The monoisotopic (exact) mass is 258 g/mol. The molecule has 19 heavy (non-hydrogen) atoms. The number of hydrogen-bond donors (Lipinski definition) is 1. The molecule has 3 rings (SSSR count). The highest BCUT2D eigenvalue weighted by Gasteiger charge is 2.25. The molecule has 7 heteroatoms. The van der Waals surface area contributed by atoms with E-state index in [4.69, 9.17) is 5.73 Å². The van der Waals surface area contributed by atoms with Crippen molar-refractivity contribution >= 4 is 11.7 Å². The maximum absolute atomic E-state index is 11.1. The fourth-order valence-electron chi connectivity index (χ4n) is 2.29. The summed E-state index contributed by atoms with van der Waals surface area (Å²) in [5, 5.41) is 4.20. The second-order valence-electron chi connectivity index (χ2n) is 4.53. The Morgan fingerprint density at radius 2 is 2.26 bits per heavy atom. The first-order valence-corrected chi connectivity index (χ1v) is 6.09. The van der Waals surface area contributed by atoms with Gasteiger partial charge in [-0.15, -0.1) is 0 Å². The van der Waals surface area contributed by atoms with Crippen LogP contribution in [-0.2, 0) is 0 Å². The van der Waals surface area contributed by atoms with Crippen LogP contribution in [0.2, 0.25) is 0 Å². The van der Waals surface area contributed by atoms with Crippen LogP contribution >= 0.6 is 0 Å². The Morgan fingerprint density at radius 3 is 2.95 bits per heavy atom. The van der Waals surface area contributed by atoms with Crippen molar-refractivity contribution in [1.29, 1.82) is 0 Å². The predicted molar refractivity (Wildman–Crippen MR) is 68.6 cm³/mol. The smallest absolute Gasteiger partial charge is 0.251 e. The summed E-state index contributed by atoms with van der Waals surface area (Å²) in [5.41, 5.74) is 5.67. The van der Waals surface area contributed by atoms with E-state index in [9.17, 15) is 4.79 Å². The Balaban J connectivity index is 1.73. The molecule has 0 bridgehead atoms. The normalized spacial score (nSPS) is 18.7. The van der Waals surface area contributed by atoms with Crippen LogP contribution in [0.15, 0.2) is 31.0 Å². The van der Waals surface area contributed by atoms with Gasteiger partial charge in [-0.3, -0.25) is 14.5 Å². The van der Waals surface area contributed by atoms with Gasteiger partial charge in [0.1, 0.15) is 5.82 Å². The molecule has 0 aliphatic carbocycles. The Hall–Kier alpha value is -2.44. The van der Waals surface area contributed by atoms with E-state index in [1.807, 2.05) is 0 Å². The Labute approximate surface area is 110 Å².